The van der Waals surface area contributed by atoms with Gasteiger partial charge in [0.25, 0.3) is 10.3 Å². The second-order valence-corrected chi connectivity index (χ2v) is 3.52. The Hall–Kier alpha value is -1.91. The highest BCUT2D eigenvalue weighted by Gasteiger charge is 2.10. The van der Waals surface area contributed by atoms with Crippen molar-refractivity contribution < 1.29 is 9.84 Å². The zero-order valence-corrected chi connectivity index (χ0v) is 10.4. The van der Waals surface area contributed by atoms with Gasteiger partial charge in [-0.2, -0.15) is 5.26 Å². The monoisotopic (exact) mass is 269 g/mol. The summed E-state index contributed by atoms with van der Waals surface area (Å²) in [5.41, 5.74) is 10.3. The van der Waals surface area contributed by atoms with Crippen LogP contribution in [-0.2, 0) is 4.74 Å². The third kappa shape index (κ3) is 7.96. The van der Waals surface area contributed by atoms with Gasteiger partial charge in [-0.15, -0.1) is 0 Å². The molecule has 5 nitrogen and oxygen atoms in total. The van der Waals surface area contributed by atoms with Crippen LogP contribution >= 0.6 is 24.4 Å². The number of thiocarbonyl (C=S) groups is 2. The lowest BCUT2D eigenvalue weighted by Gasteiger charge is -2.09. The minimum atomic E-state index is -0.710. The molecule has 0 aliphatic rings. The molecular formula is C10H11N3O2S2. The van der Waals surface area contributed by atoms with Gasteiger partial charge in [-0.1, -0.05) is 30.3 Å². The van der Waals surface area contributed by atoms with E-state index in [-0.39, 0.29) is 5.17 Å². The average Bonchev–Trinajstić information content (AvgIpc) is 2.26. The van der Waals surface area contributed by atoms with E-state index in [9.17, 15) is 0 Å². The van der Waals surface area contributed by atoms with Gasteiger partial charge in [0.2, 0.25) is 6.10 Å². The zero-order chi connectivity index (χ0) is 13.3. The van der Waals surface area contributed by atoms with Crippen LogP contribution in [0.15, 0.2) is 30.3 Å². The first-order chi connectivity index (χ1) is 7.97. The second kappa shape index (κ2) is 8.27. The van der Waals surface area contributed by atoms with Gasteiger partial charge in [0.1, 0.15) is 6.07 Å². The highest BCUT2D eigenvalue weighted by molar-refractivity contribution is 7.80. The molecule has 1 atom stereocenters. The van der Waals surface area contributed by atoms with Crippen LogP contribution in [0.5, 0.6) is 0 Å². The fourth-order valence-corrected chi connectivity index (χ4v) is 1.01. The number of nitrogens with two attached hydrogens (primary N) is 2. The predicted molar refractivity (Wildman–Crippen MR) is 72.1 cm³/mol. The standard InChI is InChI=1S/C9H8N2OS.CH3NOS/c10-6-8(12-9(11)13)7-4-2-1-3-5-7;2-1(3)4/h1-5,8H,(H2,11,13);(H3,2,3,4). The molecule has 1 aromatic carbocycles. The van der Waals surface area contributed by atoms with Gasteiger partial charge >= 0.3 is 0 Å². The molecule has 0 heterocycles. The third-order valence-corrected chi connectivity index (χ3v) is 1.55. The first kappa shape index (κ1) is 15.1. The van der Waals surface area contributed by atoms with E-state index in [2.05, 4.69) is 30.2 Å². The molecule has 0 amide bonds. The number of aliphatic hydroxyl groups excluding tert-OH is 1. The van der Waals surface area contributed by atoms with E-state index in [1.54, 1.807) is 12.1 Å². The highest BCUT2D eigenvalue weighted by atomic mass is 32.1. The first-order valence-corrected chi connectivity index (χ1v) is 5.18. The second-order valence-electron chi connectivity index (χ2n) is 2.69. The lowest BCUT2D eigenvalue weighted by molar-refractivity contribution is 0.252. The Morgan fingerprint density at radius 3 is 2.12 bits per heavy atom. The van der Waals surface area contributed by atoms with Crippen LogP contribution in [0, 0.1) is 11.3 Å². The maximum atomic E-state index is 8.74. The largest absolute Gasteiger partial charge is 0.487 e. The number of hydrogen-bond acceptors (Lipinski definition) is 4. The Morgan fingerprint density at radius 1 is 1.29 bits per heavy atom. The summed E-state index contributed by atoms with van der Waals surface area (Å²) < 4.78 is 4.93. The molecule has 5 N–H and O–H groups in total. The van der Waals surface area contributed by atoms with Crippen molar-refractivity contribution >= 4 is 34.8 Å². The maximum Gasteiger partial charge on any atom is 0.255 e. The zero-order valence-electron chi connectivity index (χ0n) is 8.74. The van der Waals surface area contributed by atoms with E-state index >= 15 is 0 Å². The molecule has 0 fully saturated rings. The maximum absolute atomic E-state index is 8.74. The summed E-state index contributed by atoms with van der Waals surface area (Å²) in [4.78, 5) is 0. The Bertz CT molecular complexity index is 413. The van der Waals surface area contributed by atoms with E-state index in [1.165, 1.54) is 0 Å². The van der Waals surface area contributed by atoms with E-state index in [4.69, 9.17) is 20.8 Å². The lowest BCUT2D eigenvalue weighted by atomic mass is 10.1. The number of nitrogens with zero attached hydrogens (tertiary/aromatic N) is 1. The van der Waals surface area contributed by atoms with Crippen LogP contribution in [0.2, 0.25) is 0 Å². The van der Waals surface area contributed by atoms with Crippen molar-refractivity contribution in [3.63, 3.8) is 0 Å². The van der Waals surface area contributed by atoms with Gasteiger partial charge in [0.05, 0.1) is 0 Å². The molecule has 90 valence electrons. The van der Waals surface area contributed by atoms with Gasteiger partial charge in [0, 0.05) is 5.56 Å². The van der Waals surface area contributed by atoms with Gasteiger partial charge in [0.15, 0.2) is 0 Å². The molecule has 17 heavy (non-hydrogen) atoms. The van der Waals surface area contributed by atoms with Gasteiger partial charge in [-0.3, -0.25) is 0 Å². The van der Waals surface area contributed by atoms with Crippen molar-refractivity contribution in [3.05, 3.63) is 35.9 Å². The lowest BCUT2D eigenvalue weighted by Crippen LogP contribution is -2.15. The Kier molecular flexibility index (Phi) is 7.34. The van der Waals surface area contributed by atoms with Crippen molar-refractivity contribution in [2.75, 3.05) is 0 Å². The molecule has 1 rings (SSSR count). The topological polar surface area (TPSA) is 105 Å². The SMILES string of the molecule is N#CC(OC(N)=S)c1ccccc1.NC(O)=S. The molecule has 0 radical (unpaired) electrons. The first-order valence-electron chi connectivity index (χ1n) is 4.36. The summed E-state index contributed by atoms with van der Waals surface area (Å²) in [6, 6.07) is 11.0. The van der Waals surface area contributed by atoms with Crippen LogP contribution in [0.4, 0.5) is 0 Å². The molecule has 0 spiro atoms. The molecule has 1 unspecified atom stereocenters. The predicted octanol–water partition coefficient (Wildman–Crippen LogP) is 1.30. The van der Waals surface area contributed by atoms with Crippen molar-refractivity contribution in [3.8, 4) is 6.07 Å². The summed E-state index contributed by atoms with van der Waals surface area (Å²) in [5.74, 6) is 0. The fourth-order valence-electron chi connectivity index (χ4n) is 0.913. The molecule has 1 aromatic rings. The van der Waals surface area contributed by atoms with Crippen LogP contribution in [0.25, 0.3) is 0 Å². The average molecular weight is 269 g/mol. The molecule has 0 bridgehead atoms. The Morgan fingerprint density at radius 2 is 1.76 bits per heavy atom. The molecule has 0 saturated carbocycles. The van der Waals surface area contributed by atoms with E-state index in [1.807, 2.05) is 24.3 Å². The summed E-state index contributed by atoms with van der Waals surface area (Å²) in [7, 11) is 0. The molecule has 0 aliphatic carbocycles. The number of ether oxygens (including phenoxy) is 1. The number of nitriles is 1. The van der Waals surface area contributed by atoms with Gasteiger partial charge in [-0.25, -0.2) is 0 Å². The van der Waals surface area contributed by atoms with Crippen molar-refractivity contribution in [1.82, 2.24) is 0 Å². The molecule has 7 heteroatoms. The highest BCUT2D eigenvalue weighted by Crippen LogP contribution is 2.15. The minimum absolute atomic E-state index is 0.115. The van der Waals surface area contributed by atoms with E-state index in [0.717, 1.165) is 5.56 Å². The molecular weight excluding hydrogens is 258 g/mol. The normalized spacial score (nSPS) is 10.1. The fraction of sp³-hybridized carbons (Fsp3) is 0.100. The van der Waals surface area contributed by atoms with E-state index in [0.29, 0.717) is 0 Å². The Balaban J connectivity index is 0.000000557. The molecule has 0 aliphatic heterocycles. The van der Waals surface area contributed by atoms with Crippen LogP contribution in [-0.4, -0.2) is 15.5 Å². The number of benzene rings is 1. The van der Waals surface area contributed by atoms with Crippen molar-refractivity contribution in [2.24, 2.45) is 11.5 Å². The summed E-state index contributed by atoms with van der Waals surface area (Å²) in [6.45, 7) is 0. The summed E-state index contributed by atoms with van der Waals surface area (Å²) >= 11 is 8.41. The number of hydrogen-bond donors (Lipinski definition) is 3. The Labute approximate surface area is 110 Å². The van der Waals surface area contributed by atoms with Crippen LogP contribution in [0.1, 0.15) is 11.7 Å². The van der Waals surface area contributed by atoms with Crippen LogP contribution in [0.3, 0.4) is 0 Å². The summed E-state index contributed by atoms with van der Waals surface area (Å²) in [5, 5.41) is 15.7. The summed E-state index contributed by atoms with van der Waals surface area (Å²) in [6.07, 6.45) is -0.710. The molecule has 0 saturated heterocycles. The van der Waals surface area contributed by atoms with Gasteiger partial charge in [-0.05, 0) is 24.4 Å². The van der Waals surface area contributed by atoms with Crippen molar-refractivity contribution in [1.29, 1.82) is 5.26 Å². The van der Waals surface area contributed by atoms with E-state index < -0.39 is 11.3 Å². The third-order valence-electron chi connectivity index (χ3n) is 1.45. The molecule has 0 aromatic heterocycles. The number of rotatable bonds is 2. The van der Waals surface area contributed by atoms with Crippen molar-refractivity contribution in [2.45, 2.75) is 6.10 Å². The minimum Gasteiger partial charge on any atom is -0.487 e. The van der Waals surface area contributed by atoms with Gasteiger partial charge < -0.3 is 21.3 Å². The number of aliphatic hydroxyl groups is 1. The quantitative estimate of drug-likeness (QED) is 0.695. The van der Waals surface area contributed by atoms with Crippen LogP contribution < -0.4 is 11.5 Å². The smallest absolute Gasteiger partial charge is 0.255 e.